The van der Waals surface area contributed by atoms with E-state index in [1.165, 1.54) is 0 Å². The maximum absolute atomic E-state index is 9.97. The summed E-state index contributed by atoms with van der Waals surface area (Å²) in [5, 5.41) is 10.4. The minimum atomic E-state index is -0.593. The van der Waals surface area contributed by atoms with E-state index in [0.29, 0.717) is 28.7 Å². The summed E-state index contributed by atoms with van der Waals surface area (Å²) >= 11 is 6.20. The van der Waals surface area contributed by atoms with E-state index in [4.69, 9.17) is 25.8 Å². The molecule has 0 spiro atoms. The summed E-state index contributed by atoms with van der Waals surface area (Å²) in [5.41, 5.74) is 0.270. The number of methoxy groups -OCH3 is 1. The summed E-state index contributed by atoms with van der Waals surface area (Å²) in [5.74, 6) is 1.71. The SMILES string of the molecule is COc1c(CC2(O)CC2)cc2c(c1Cl)OCO2. The van der Waals surface area contributed by atoms with Crippen LogP contribution >= 0.6 is 11.6 Å². The Balaban J connectivity index is 2.04. The van der Waals surface area contributed by atoms with E-state index in [1.54, 1.807) is 7.11 Å². The van der Waals surface area contributed by atoms with Gasteiger partial charge in [-0.15, -0.1) is 0 Å². The van der Waals surface area contributed by atoms with Crippen molar-refractivity contribution in [3.05, 3.63) is 16.7 Å². The van der Waals surface area contributed by atoms with E-state index in [1.807, 2.05) is 6.07 Å². The third-order valence-corrected chi connectivity index (χ3v) is 3.53. The number of hydrogen-bond acceptors (Lipinski definition) is 4. The van der Waals surface area contributed by atoms with Crippen LogP contribution in [-0.4, -0.2) is 24.6 Å². The Hall–Kier alpha value is -1.13. The number of benzene rings is 1. The smallest absolute Gasteiger partial charge is 0.231 e. The zero-order valence-corrected chi connectivity index (χ0v) is 10.2. The van der Waals surface area contributed by atoms with Gasteiger partial charge >= 0.3 is 0 Å². The molecule has 0 saturated heterocycles. The first-order valence-electron chi connectivity index (χ1n) is 5.50. The molecule has 3 rings (SSSR count). The lowest BCUT2D eigenvalue weighted by atomic mass is 10.0. The normalized spacial score (nSPS) is 19.2. The molecule has 0 bridgehead atoms. The van der Waals surface area contributed by atoms with Gasteiger partial charge in [-0.05, 0) is 18.9 Å². The maximum atomic E-state index is 9.97. The van der Waals surface area contributed by atoms with Crippen molar-refractivity contribution in [2.75, 3.05) is 13.9 Å². The summed E-state index contributed by atoms with van der Waals surface area (Å²) in [6.07, 6.45) is 2.18. The first kappa shape index (κ1) is 11.0. The van der Waals surface area contributed by atoms with Crippen LogP contribution in [0.5, 0.6) is 17.2 Å². The standard InChI is InChI=1S/C12H13ClO4/c1-15-10-7(5-12(14)2-3-12)4-8-11(9(10)13)17-6-16-8/h4,14H,2-3,5-6H2,1H3. The molecule has 0 amide bonds. The molecule has 1 N–H and O–H groups in total. The molecular formula is C12H13ClO4. The van der Waals surface area contributed by atoms with E-state index in [2.05, 4.69) is 0 Å². The lowest BCUT2D eigenvalue weighted by Gasteiger charge is -2.14. The second-order valence-electron chi connectivity index (χ2n) is 4.52. The van der Waals surface area contributed by atoms with Crippen molar-refractivity contribution in [3.63, 3.8) is 0 Å². The molecule has 0 unspecified atom stereocenters. The van der Waals surface area contributed by atoms with E-state index >= 15 is 0 Å². The molecule has 1 aliphatic heterocycles. The van der Waals surface area contributed by atoms with Gasteiger partial charge in [0.2, 0.25) is 6.79 Å². The zero-order chi connectivity index (χ0) is 12.0. The molecule has 1 saturated carbocycles. The van der Waals surface area contributed by atoms with Gasteiger partial charge in [0.15, 0.2) is 11.5 Å². The first-order valence-corrected chi connectivity index (χ1v) is 5.88. The van der Waals surface area contributed by atoms with Crippen LogP contribution in [0.15, 0.2) is 6.07 Å². The average Bonchev–Trinajstić information content (AvgIpc) is 2.83. The molecule has 5 heteroatoms. The highest BCUT2D eigenvalue weighted by molar-refractivity contribution is 6.34. The molecular weight excluding hydrogens is 244 g/mol. The molecule has 4 nitrogen and oxygen atoms in total. The number of hydrogen-bond donors (Lipinski definition) is 1. The summed E-state index contributed by atoms with van der Waals surface area (Å²) < 4.78 is 15.9. The molecule has 1 aromatic carbocycles. The molecule has 0 atom stereocenters. The number of fused-ring (bicyclic) bond motifs is 1. The van der Waals surface area contributed by atoms with Crippen molar-refractivity contribution in [3.8, 4) is 17.2 Å². The number of halogens is 1. The molecule has 1 aromatic rings. The molecule has 92 valence electrons. The monoisotopic (exact) mass is 256 g/mol. The maximum Gasteiger partial charge on any atom is 0.231 e. The van der Waals surface area contributed by atoms with Gasteiger partial charge in [0.25, 0.3) is 0 Å². The van der Waals surface area contributed by atoms with Gasteiger partial charge in [-0.1, -0.05) is 11.6 Å². The Morgan fingerprint density at radius 1 is 1.47 bits per heavy atom. The van der Waals surface area contributed by atoms with Crippen LogP contribution in [0.25, 0.3) is 0 Å². The third kappa shape index (κ3) is 1.81. The van der Waals surface area contributed by atoms with Gasteiger partial charge in [0.1, 0.15) is 10.8 Å². The Morgan fingerprint density at radius 2 is 2.24 bits per heavy atom. The van der Waals surface area contributed by atoms with Crippen molar-refractivity contribution < 1.29 is 19.3 Å². The van der Waals surface area contributed by atoms with E-state index in [-0.39, 0.29) is 6.79 Å². The van der Waals surface area contributed by atoms with Gasteiger partial charge in [-0.25, -0.2) is 0 Å². The van der Waals surface area contributed by atoms with Crippen LogP contribution in [0.4, 0.5) is 0 Å². The minimum Gasteiger partial charge on any atom is -0.495 e. The molecule has 1 heterocycles. The Morgan fingerprint density at radius 3 is 2.88 bits per heavy atom. The fourth-order valence-electron chi connectivity index (χ4n) is 2.06. The Bertz CT molecular complexity index is 468. The second-order valence-corrected chi connectivity index (χ2v) is 4.90. The summed E-state index contributed by atoms with van der Waals surface area (Å²) in [7, 11) is 1.56. The van der Waals surface area contributed by atoms with Crippen LogP contribution in [0.3, 0.4) is 0 Å². The molecule has 0 aromatic heterocycles. The average molecular weight is 257 g/mol. The van der Waals surface area contributed by atoms with E-state index in [9.17, 15) is 5.11 Å². The highest BCUT2D eigenvalue weighted by Gasteiger charge is 2.41. The summed E-state index contributed by atoms with van der Waals surface area (Å²) in [6, 6.07) is 1.84. The molecule has 1 fully saturated rings. The van der Waals surface area contributed by atoms with Crippen LogP contribution in [0, 0.1) is 0 Å². The lowest BCUT2D eigenvalue weighted by molar-refractivity contribution is 0.150. The third-order valence-electron chi connectivity index (χ3n) is 3.19. The van der Waals surface area contributed by atoms with E-state index in [0.717, 1.165) is 18.4 Å². The molecule has 0 radical (unpaired) electrons. The molecule has 1 aliphatic carbocycles. The van der Waals surface area contributed by atoms with Crippen LogP contribution in [-0.2, 0) is 6.42 Å². The minimum absolute atomic E-state index is 0.173. The number of aliphatic hydroxyl groups is 1. The lowest BCUT2D eigenvalue weighted by Crippen LogP contribution is -2.11. The van der Waals surface area contributed by atoms with Crippen molar-refractivity contribution in [1.29, 1.82) is 0 Å². The van der Waals surface area contributed by atoms with Gasteiger partial charge in [-0.3, -0.25) is 0 Å². The highest BCUT2D eigenvalue weighted by atomic mass is 35.5. The number of rotatable bonds is 3. The van der Waals surface area contributed by atoms with Gasteiger partial charge in [-0.2, -0.15) is 0 Å². The predicted molar refractivity (Wildman–Crippen MR) is 62.0 cm³/mol. The van der Waals surface area contributed by atoms with E-state index < -0.39 is 5.60 Å². The van der Waals surface area contributed by atoms with Crippen molar-refractivity contribution in [2.24, 2.45) is 0 Å². The van der Waals surface area contributed by atoms with Gasteiger partial charge < -0.3 is 19.3 Å². The quantitative estimate of drug-likeness (QED) is 0.900. The van der Waals surface area contributed by atoms with Crippen LogP contribution in [0.2, 0.25) is 5.02 Å². The number of ether oxygens (including phenoxy) is 3. The topological polar surface area (TPSA) is 47.9 Å². The second kappa shape index (κ2) is 3.68. The fraction of sp³-hybridized carbons (Fsp3) is 0.500. The van der Waals surface area contributed by atoms with Crippen molar-refractivity contribution in [1.82, 2.24) is 0 Å². The van der Waals surface area contributed by atoms with Crippen LogP contribution < -0.4 is 14.2 Å². The van der Waals surface area contributed by atoms with Crippen molar-refractivity contribution >= 4 is 11.6 Å². The Kier molecular flexibility index (Phi) is 2.38. The summed E-state index contributed by atoms with van der Waals surface area (Å²) in [6.45, 7) is 0.173. The van der Waals surface area contributed by atoms with Crippen molar-refractivity contribution in [2.45, 2.75) is 24.9 Å². The Labute approximate surface area is 104 Å². The molecule has 17 heavy (non-hydrogen) atoms. The summed E-state index contributed by atoms with van der Waals surface area (Å²) in [4.78, 5) is 0. The fourth-order valence-corrected chi connectivity index (χ4v) is 2.41. The van der Waals surface area contributed by atoms with Gasteiger partial charge in [0, 0.05) is 12.0 Å². The van der Waals surface area contributed by atoms with Gasteiger partial charge in [0.05, 0.1) is 12.7 Å². The zero-order valence-electron chi connectivity index (χ0n) is 9.46. The van der Waals surface area contributed by atoms with Crippen LogP contribution in [0.1, 0.15) is 18.4 Å². The predicted octanol–water partition coefficient (Wildman–Crippen LogP) is 2.14. The highest BCUT2D eigenvalue weighted by Crippen LogP contribution is 2.49. The largest absolute Gasteiger partial charge is 0.495 e. The first-order chi connectivity index (χ1) is 8.13. The molecule has 2 aliphatic rings.